The second kappa shape index (κ2) is 6.29. The standard InChI is InChI=1S/C20H18F3N3/c1-25-10-7-19-17(13-25)16-12-15(20(21,22)23)2-3-18(16)26(19)11-6-14-4-8-24-9-5-14/h2-6,8-9,11-12H,7,10,13H2,1H3. The summed E-state index contributed by atoms with van der Waals surface area (Å²) in [6, 6.07) is 7.81. The van der Waals surface area contributed by atoms with Gasteiger partial charge in [0.25, 0.3) is 0 Å². The van der Waals surface area contributed by atoms with Gasteiger partial charge in [0.2, 0.25) is 0 Å². The molecule has 3 heterocycles. The number of halogens is 3. The van der Waals surface area contributed by atoms with Crippen molar-refractivity contribution in [3.63, 3.8) is 0 Å². The Kier molecular flexibility index (Phi) is 4.07. The van der Waals surface area contributed by atoms with Gasteiger partial charge in [0.15, 0.2) is 0 Å². The van der Waals surface area contributed by atoms with E-state index in [1.54, 1.807) is 18.5 Å². The van der Waals surface area contributed by atoms with Gasteiger partial charge in [-0.2, -0.15) is 13.2 Å². The lowest BCUT2D eigenvalue weighted by Gasteiger charge is -2.23. The van der Waals surface area contributed by atoms with Crippen LogP contribution in [0.3, 0.4) is 0 Å². The first-order valence-electron chi connectivity index (χ1n) is 8.43. The highest BCUT2D eigenvalue weighted by molar-refractivity contribution is 5.89. The van der Waals surface area contributed by atoms with Gasteiger partial charge in [0, 0.05) is 49.2 Å². The zero-order valence-corrected chi connectivity index (χ0v) is 14.3. The molecule has 0 aliphatic carbocycles. The molecule has 0 saturated carbocycles. The lowest BCUT2D eigenvalue weighted by molar-refractivity contribution is -0.137. The number of fused-ring (bicyclic) bond motifs is 3. The number of aromatic nitrogens is 2. The smallest absolute Gasteiger partial charge is 0.320 e. The van der Waals surface area contributed by atoms with Crippen LogP contribution in [0, 0.1) is 0 Å². The van der Waals surface area contributed by atoms with Crippen molar-refractivity contribution in [3.8, 4) is 0 Å². The van der Waals surface area contributed by atoms with E-state index in [-0.39, 0.29) is 0 Å². The topological polar surface area (TPSA) is 21.1 Å². The number of nitrogens with zero attached hydrogens (tertiary/aromatic N) is 3. The number of hydrogen-bond donors (Lipinski definition) is 0. The summed E-state index contributed by atoms with van der Waals surface area (Å²) in [7, 11) is 1.99. The van der Waals surface area contributed by atoms with Gasteiger partial charge in [0.1, 0.15) is 0 Å². The summed E-state index contributed by atoms with van der Waals surface area (Å²) in [5.41, 5.74) is 3.28. The molecule has 0 saturated heterocycles. The number of alkyl halides is 3. The molecule has 0 atom stereocenters. The van der Waals surface area contributed by atoms with Crippen molar-refractivity contribution in [1.82, 2.24) is 14.5 Å². The summed E-state index contributed by atoms with van der Waals surface area (Å²) in [6.07, 6.45) is 3.80. The average molecular weight is 357 g/mol. The summed E-state index contributed by atoms with van der Waals surface area (Å²) in [4.78, 5) is 6.14. The number of hydrogen-bond acceptors (Lipinski definition) is 2. The van der Waals surface area contributed by atoms with Crippen LogP contribution in [0.15, 0.2) is 42.7 Å². The fraction of sp³-hybridized carbons (Fsp3) is 0.250. The number of benzene rings is 1. The van der Waals surface area contributed by atoms with Crippen molar-refractivity contribution < 1.29 is 13.2 Å². The molecule has 0 spiro atoms. The van der Waals surface area contributed by atoms with E-state index < -0.39 is 11.7 Å². The molecule has 0 N–H and O–H groups in total. The van der Waals surface area contributed by atoms with Gasteiger partial charge in [-0.3, -0.25) is 4.98 Å². The van der Waals surface area contributed by atoms with Crippen LogP contribution in [0.4, 0.5) is 13.2 Å². The number of rotatable bonds is 2. The highest BCUT2D eigenvalue weighted by atomic mass is 19.4. The lowest BCUT2D eigenvalue weighted by Crippen LogP contribution is -2.26. The van der Waals surface area contributed by atoms with Gasteiger partial charge in [0.05, 0.1) is 11.1 Å². The molecule has 1 aliphatic rings. The molecule has 2 aromatic heterocycles. The van der Waals surface area contributed by atoms with Crippen LogP contribution in [0.1, 0.15) is 22.4 Å². The molecule has 6 heteroatoms. The predicted octanol–water partition coefficient (Wildman–Crippen LogP) is 4.67. The summed E-state index contributed by atoms with van der Waals surface area (Å²) in [5.74, 6) is 0. The minimum absolute atomic E-state index is 0.601. The van der Waals surface area contributed by atoms with Crippen LogP contribution >= 0.6 is 0 Å². The van der Waals surface area contributed by atoms with Gasteiger partial charge in [-0.15, -0.1) is 0 Å². The van der Waals surface area contributed by atoms with Crippen LogP contribution in [0.2, 0.25) is 0 Å². The first kappa shape index (κ1) is 16.8. The molecular formula is C20H18F3N3. The predicted molar refractivity (Wildman–Crippen MR) is 96.4 cm³/mol. The Labute approximate surface area is 149 Å². The van der Waals surface area contributed by atoms with Crippen LogP contribution in [-0.4, -0.2) is 28.0 Å². The molecule has 134 valence electrons. The van der Waals surface area contributed by atoms with Crippen molar-refractivity contribution in [1.29, 1.82) is 0 Å². The van der Waals surface area contributed by atoms with E-state index >= 15 is 0 Å². The fourth-order valence-electron chi connectivity index (χ4n) is 3.51. The summed E-state index contributed by atoms with van der Waals surface area (Å²) in [6.45, 7) is 1.54. The molecule has 1 aliphatic heterocycles. The van der Waals surface area contributed by atoms with Gasteiger partial charge in [-0.25, -0.2) is 0 Å². The number of likely N-dealkylation sites (N-methyl/N-ethyl adjacent to an activating group) is 1. The maximum Gasteiger partial charge on any atom is 0.416 e. The highest BCUT2D eigenvalue weighted by Gasteiger charge is 2.32. The van der Waals surface area contributed by atoms with Crippen molar-refractivity contribution >= 4 is 23.2 Å². The van der Waals surface area contributed by atoms with Gasteiger partial charge in [-0.05, 0) is 54.6 Å². The zero-order chi connectivity index (χ0) is 18.3. The quantitative estimate of drug-likeness (QED) is 0.664. The van der Waals surface area contributed by atoms with E-state index in [0.29, 0.717) is 11.9 Å². The Morgan fingerprint density at radius 1 is 1.12 bits per heavy atom. The Morgan fingerprint density at radius 2 is 1.88 bits per heavy atom. The van der Waals surface area contributed by atoms with Crippen molar-refractivity contribution in [3.05, 3.63) is 65.1 Å². The largest absolute Gasteiger partial charge is 0.416 e. The third kappa shape index (κ3) is 3.01. The van der Waals surface area contributed by atoms with Crippen molar-refractivity contribution in [2.45, 2.75) is 19.1 Å². The summed E-state index contributed by atoms with van der Waals surface area (Å²) >= 11 is 0. The monoisotopic (exact) mass is 357 g/mol. The van der Waals surface area contributed by atoms with E-state index in [9.17, 15) is 13.2 Å². The van der Waals surface area contributed by atoms with E-state index in [2.05, 4.69) is 9.88 Å². The molecule has 3 nitrogen and oxygen atoms in total. The maximum absolute atomic E-state index is 13.2. The molecule has 1 aromatic carbocycles. The average Bonchev–Trinajstić information content (AvgIpc) is 2.92. The minimum Gasteiger partial charge on any atom is -0.320 e. The molecule has 0 amide bonds. The first-order valence-corrected chi connectivity index (χ1v) is 8.43. The Balaban J connectivity index is 1.88. The van der Waals surface area contributed by atoms with E-state index in [1.165, 1.54) is 6.07 Å². The van der Waals surface area contributed by atoms with E-state index in [1.807, 2.05) is 36.0 Å². The lowest BCUT2D eigenvalue weighted by atomic mass is 10.0. The second-order valence-electron chi connectivity index (χ2n) is 6.61. The normalized spacial score (nSPS) is 15.7. The first-order chi connectivity index (χ1) is 12.4. The Bertz CT molecular complexity index is 971. The molecule has 0 bridgehead atoms. The summed E-state index contributed by atoms with van der Waals surface area (Å²) < 4.78 is 41.5. The fourth-order valence-corrected chi connectivity index (χ4v) is 3.51. The van der Waals surface area contributed by atoms with Crippen LogP contribution in [-0.2, 0) is 19.1 Å². The zero-order valence-electron chi connectivity index (χ0n) is 14.3. The van der Waals surface area contributed by atoms with Crippen LogP contribution in [0.5, 0.6) is 0 Å². The van der Waals surface area contributed by atoms with E-state index in [4.69, 9.17) is 0 Å². The molecule has 4 rings (SSSR count). The maximum atomic E-state index is 13.2. The molecule has 0 radical (unpaired) electrons. The van der Waals surface area contributed by atoms with Crippen molar-refractivity contribution in [2.24, 2.45) is 0 Å². The Morgan fingerprint density at radius 3 is 2.62 bits per heavy atom. The van der Waals surface area contributed by atoms with Crippen molar-refractivity contribution in [2.75, 3.05) is 13.6 Å². The SMILES string of the molecule is CN1CCc2c(c3cc(C(F)(F)F)ccc3n2C=Cc2ccncc2)C1. The molecule has 0 fully saturated rings. The van der Waals surface area contributed by atoms with Gasteiger partial charge < -0.3 is 9.47 Å². The second-order valence-corrected chi connectivity index (χ2v) is 6.61. The Hall–Kier alpha value is -2.60. The summed E-state index contributed by atoms with van der Waals surface area (Å²) in [5, 5.41) is 0.681. The molecular weight excluding hydrogens is 339 g/mol. The van der Waals surface area contributed by atoms with Crippen LogP contribution < -0.4 is 0 Å². The molecule has 0 unspecified atom stereocenters. The third-order valence-corrected chi connectivity index (χ3v) is 4.83. The third-order valence-electron chi connectivity index (χ3n) is 4.83. The minimum atomic E-state index is -4.34. The number of pyridine rings is 1. The highest BCUT2D eigenvalue weighted by Crippen LogP contribution is 2.36. The van der Waals surface area contributed by atoms with Gasteiger partial charge >= 0.3 is 6.18 Å². The van der Waals surface area contributed by atoms with E-state index in [0.717, 1.165) is 41.4 Å². The molecule has 26 heavy (non-hydrogen) atoms. The van der Waals surface area contributed by atoms with Gasteiger partial charge in [-0.1, -0.05) is 0 Å². The molecule has 3 aromatic rings. The van der Waals surface area contributed by atoms with Crippen LogP contribution in [0.25, 0.3) is 23.2 Å².